The Kier molecular flexibility index (Phi) is 12.3. The topological polar surface area (TPSA) is 30.9 Å². The summed E-state index contributed by atoms with van der Waals surface area (Å²) in [5, 5.41) is 3.48. The average molecular weight is 438 g/mol. The highest BCUT2D eigenvalue weighted by atomic mass is 127. The van der Waals surface area contributed by atoms with Crippen LogP contribution in [0.3, 0.4) is 0 Å². The first-order chi connectivity index (χ1) is 10.4. The normalized spacial score (nSPS) is 22.4. The molecule has 23 heavy (non-hydrogen) atoms. The van der Waals surface area contributed by atoms with E-state index in [4.69, 9.17) is 4.99 Å². The molecule has 0 spiro atoms. The average Bonchev–Trinajstić information content (AvgIpc) is 2.44. The predicted molar refractivity (Wildman–Crippen MR) is 113 cm³/mol. The number of nitrogens with zero attached hydrogens (tertiary/aromatic N) is 3. The number of unbranched alkanes of at least 4 members (excludes halogenated alkanes) is 1. The third-order valence-corrected chi connectivity index (χ3v) is 4.57. The van der Waals surface area contributed by atoms with Crippen LogP contribution in [0.4, 0.5) is 0 Å². The Morgan fingerprint density at radius 1 is 1.22 bits per heavy atom. The van der Waals surface area contributed by atoms with Gasteiger partial charge in [-0.15, -0.1) is 24.0 Å². The zero-order valence-electron chi connectivity index (χ0n) is 16.1. The van der Waals surface area contributed by atoms with Crippen molar-refractivity contribution in [1.82, 2.24) is 15.1 Å². The molecule has 4 nitrogen and oxygen atoms in total. The van der Waals surface area contributed by atoms with Gasteiger partial charge in [-0.3, -0.25) is 4.99 Å². The fraction of sp³-hybridized carbons (Fsp3) is 0.944. The lowest BCUT2D eigenvalue weighted by molar-refractivity contribution is 0.208. The van der Waals surface area contributed by atoms with E-state index in [1.165, 1.54) is 25.8 Å². The number of nitrogens with one attached hydrogen (secondary N) is 1. The van der Waals surface area contributed by atoms with Gasteiger partial charge < -0.3 is 15.1 Å². The minimum Gasteiger partial charge on any atom is -0.357 e. The van der Waals surface area contributed by atoms with E-state index < -0.39 is 0 Å². The first kappa shape index (κ1) is 23.0. The first-order valence-corrected chi connectivity index (χ1v) is 9.17. The van der Waals surface area contributed by atoms with Crippen LogP contribution in [0.25, 0.3) is 0 Å². The summed E-state index contributed by atoms with van der Waals surface area (Å²) in [6.07, 6.45) is 3.74. The van der Waals surface area contributed by atoms with Crippen LogP contribution < -0.4 is 5.32 Å². The molecule has 1 rings (SSSR count). The van der Waals surface area contributed by atoms with Crippen molar-refractivity contribution in [3.8, 4) is 0 Å². The second-order valence-corrected chi connectivity index (χ2v) is 7.37. The van der Waals surface area contributed by atoms with Crippen LogP contribution in [0.1, 0.15) is 53.9 Å². The number of rotatable bonds is 7. The fourth-order valence-corrected chi connectivity index (χ4v) is 3.18. The minimum absolute atomic E-state index is 0. The number of halogens is 1. The Hall–Kier alpha value is -0.0400. The van der Waals surface area contributed by atoms with Crippen molar-refractivity contribution < 1.29 is 0 Å². The van der Waals surface area contributed by atoms with Gasteiger partial charge in [0.25, 0.3) is 0 Å². The summed E-state index contributed by atoms with van der Waals surface area (Å²) in [7, 11) is 2.20. The van der Waals surface area contributed by atoms with Crippen LogP contribution in [0.2, 0.25) is 0 Å². The summed E-state index contributed by atoms with van der Waals surface area (Å²) in [6.45, 7) is 16.7. The lowest BCUT2D eigenvalue weighted by Gasteiger charge is -2.37. The van der Waals surface area contributed by atoms with Gasteiger partial charge >= 0.3 is 0 Å². The molecule has 0 aromatic rings. The zero-order chi connectivity index (χ0) is 16.5. The van der Waals surface area contributed by atoms with E-state index in [2.05, 4.69) is 56.8 Å². The Labute approximate surface area is 161 Å². The van der Waals surface area contributed by atoms with E-state index in [9.17, 15) is 0 Å². The van der Waals surface area contributed by atoms with Gasteiger partial charge in [0, 0.05) is 32.2 Å². The largest absolute Gasteiger partial charge is 0.357 e. The molecule has 2 atom stereocenters. The Morgan fingerprint density at radius 2 is 1.83 bits per heavy atom. The molecule has 0 amide bonds. The highest BCUT2D eigenvalue weighted by Crippen LogP contribution is 2.20. The van der Waals surface area contributed by atoms with Crippen molar-refractivity contribution in [3.63, 3.8) is 0 Å². The molecule has 1 heterocycles. The van der Waals surface area contributed by atoms with E-state index in [1.54, 1.807) is 0 Å². The van der Waals surface area contributed by atoms with Gasteiger partial charge in [0.1, 0.15) is 0 Å². The second kappa shape index (κ2) is 12.3. The Bertz CT molecular complexity index is 323. The van der Waals surface area contributed by atoms with Crippen LogP contribution in [-0.4, -0.2) is 61.6 Å². The van der Waals surface area contributed by atoms with E-state index in [0.717, 1.165) is 44.0 Å². The molecule has 0 aliphatic carbocycles. The number of likely N-dealkylation sites (tertiary alicyclic amines) is 1. The molecule has 1 aliphatic rings. The van der Waals surface area contributed by atoms with Crippen LogP contribution in [0, 0.1) is 11.8 Å². The van der Waals surface area contributed by atoms with Crippen molar-refractivity contribution in [3.05, 3.63) is 0 Å². The number of piperidine rings is 1. The standard InChI is InChI=1S/C18H38N4.HI/c1-7-19-18(22-13-16(4)12-17(5)14-22)20-10-8-9-11-21(6)15(2)3;/h15-17H,7-14H2,1-6H3,(H,19,20);1H. The molecule has 1 saturated heterocycles. The maximum Gasteiger partial charge on any atom is 0.193 e. The zero-order valence-corrected chi connectivity index (χ0v) is 18.5. The van der Waals surface area contributed by atoms with Crippen LogP contribution in [0.5, 0.6) is 0 Å². The number of hydrogen-bond donors (Lipinski definition) is 1. The molecular weight excluding hydrogens is 399 g/mol. The monoisotopic (exact) mass is 438 g/mol. The summed E-state index contributed by atoms with van der Waals surface area (Å²) >= 11 is 0. The highest BCUT2D eigenvalue weighted by molar-refractivity contribution is 14.0. The van der Waals surface area contributed by atoms with Gasteiger partial charge in [-0.1, -0.05) is 13.8 Å². The third kappa shape index (κ3) is 9.13. The fourth-order valence-electron chi connectivity index (χ4n) is 3.18. The molecule has 138 valence electrons. The van der Waals surface area contributed by atoms with E-state index in [1.807, 2.05) is 0 Å². The second-order valence-electron chi connectivity index (χ2n) is 7.37. The molecule has 2 unspecified atom stereocenters. The predicted octanol–water partition coefficient (Wildman–Crippen LogP) is 3.67. The number of guanidine groups is 1. The van der Waals surface area contributed by atoms with Gasteiger partial charge in [0.15, 0.2) is 5.96 Å². The Balaban J connectivity index is 0.00000484. The van der Waals surface area contributed by atoms with Crippen LogP contribution >= 0.6 is 24.0 Å². The summed E-state index contributed by atoms with van der Waals surface area (Å²) in [5.74, 6) is 2.66. The number of hydrogen-bond acceptors (Lipinski definition) is 2. The van der Waals surface area contributed by atoms with Crippen molar-refractivity contribution in [2.75, 3.05) is 39.8 Å². The summed E-state index contributed by atoms with van der Waals surface area (Å²) in [4.78, 5) is 9.73. The summed E-state index contributed by atoms with van der Waals surface area (Å²) < 4.78 is 0. The maximum atomic E-state index is 4.86. The maximum absolute atomic E-state index is 4.86. The molecule has 1 fully saturated rings. The molecular formula is C18H39IN4. The molecule has 5 heteroatoms. The van der Waals surface area contributed by atoms with E-state index >= 15 is 0 Å². The molecule has 0 aromatic heterocycles. The smallest absolute Gasteiger partial charge is 0.193 e. The van der Waals surface area contributed by atoms with Crippen LogP contribution in [0.15, 0.2) is 4.99 Å². The quantitative estimate of drug-likeness (QED) is 0.285. The molecule has 1 aliphatic heterocycles. The molecule has 1 N–H and O–H groups in total. The lowest BCUT2D eigenvalue weighted by atomic mass is 9.92. The summed E-state index contributed by atoms with van der Waals surface area (Å²) in [5.41, 5.74) is 0. The van der Waals surface area contributed by atoms with Gasteiger partial charge in [0.2, 0.25) is 0 Å². The van der Waals surface area contributed by atoms with Gasteiger partial charge in [-0.25, -0.2) is 0 Å². The SMILES string of the molecule is CCNC(=NCCCCN(C)C(C)C)N1CC(C)CC(C)C1.I. The van der Waals surface area contributed by atoms with Crippen molar-refractivity contribution >= 4 is 29.9 Å². The highest BCUT2D eigenvalue weighted by Gasteiger charge is 2.23. The number of aliphatic imine (C=N–C) groups is 1. The minimum atomic E-state index is 0. The molecule has 0 aromatic carbocycles. The van der Waals surface area contributed by atoms with E-state index in [0.29, 0.717) is 6.04 Å². The first-order valence-electron chi connectivity index (χ1n) is 9.17. The lowest BCUT2D eigenvalue weighted by Crippen LogP contribution is -2.48. The van der Waals surface area contributed by atoms with Gasteiger partial charge in [-0.2, -0.15) is 0 Å². The molecule has 0 bridgehead atoms. The molecule has 0 radical (unpaired) electrons. The third-order valence-electron chi connectivity index (χ3n) is 4.57. The van der Waals surface area contributed by atoms with Gasteiger partial charge in [0.05, 0.1) is 0 Å². The van der Waals surface area contributed by atoms with Crippen molar-refractivity contribution in [1.29, 1.82) is 0 Å². The summed E-state index contributed by atoms with van der Waals surface area (Å²) in [6, 6.07) is 0.636. The Morgan fingerprint density at radius 3 is 2.35 bits per heavy atom. The van der Waals surface area contributed by atoms with E-state index in [-0.39, 0.29) is 24.0 Å². The van der Waals surface area contributed by atoms with Crippen LogP contribution in [-0.2, 0) is 0 Å². The molecule has 0 saturated carbocycles. The van der Waals surface area contributed by atoms with Crippen molar-refractivity contribution in [2.24, 2.45) is 16.8 Å². The van der Waals surface area contributed by atoms with Crippen molar-refractivity contribution in [2.45, 2.75) is 59.9 Å². The van der Waals surface area contributed by atoms with Gasteiger partial charge in [-0.05, 0) is 65.5 Å².